The second kappa shape index (κ2) is 6.85. The Balaban J connectivity index is 1.49. The Bertz CT molecular complexity index is 1150. The van der Waals surface area contributed by atoms with E-state index in [0.29, 0.717) is 12.2 Å². The fourth-order valence-electron chi connectivity index (χ4n) is 3.28. The topological polar surface area (TPSA) is 71.2 Å². The zero-order chi connectivity index (χ0) is 19.0. The van der Waals surface area contributed by atoms with Crippen LogP contribution in [0.2, 0.25) is 0 Å². The first-order valence-electron chi connectivity index (χ1n) is 8.86. The largest absolute Gasteiger partial charge is 0.296 e. The van der Waals surface area contributed by atoms with Gasteiger partial charge in [-0.2, -0.15) is 5.10 Å². The van der Waals surface area contributed by atoms with Gasteiger partial charge in [0.1, 0.15) is 0 Å². The Morgan fingerprint density at radius 2 is 1.96 bits per heavy atom. The first-order valence-corrected chi connectivity index (χ1v) is 8.86. The number of benzene rings is 1. The average Bonchev–Trinajstić information content (AvgIpc) is 3.21. The number of para-hydroxylation sites is 1. The molecule has 0 unspecified atom stereocenters. The summed E-state index contributed by atoms with van der Waals surface area (Å²) in [5.74, 6) is 0. The van der Waals surface area contributed by atoms with Crippen LogP contribution in [0.25, 0.3) is 11.3 Å². The zero-order valence-corrected chi connectivity index (χ0v) is 15.7. The van der Waals surface area contributed by atoms with Gasteiger partial charge in [-0.25, -0.2) is 14.2 Å². The third-order valence-electron chi connectivity index (χ3n) is 4.51. The van der Waals surface area contributed by atoms with E-state index in [-0.39, 0.29) is 5.56 Å². The Kier molecular flexibility index (Phi) is 4.37. The molecule has 0 radical (unpaired) electrons. The van der Waals surface area contributed by atoms with Gasteiger partial charge in [0, 0.05) is 42.7 Å². The smallest absolute Gasteiger partial charge is 0.272 e. The van der Waals surface area contributed by atoms with Gasteiger partial charge < -0.3 is 0 Å². The summed E-state index contributed by atoms with van der Waals surface area (Å²) in [4.78, 5) is 18.9. The van der Waals surface area contributed by atoms with Crippen molar-refractivity contribution in [3.8, 4) is 5.69 Å². The number of rotatable bonds is 5. The van der Waals surface area contributed by atoms with Gasteiger partial charge in [0.25, 0.3) is 5.56 Å². The van der Waals surface area contributed by atoms with Crippen LogP contribution >= 0.6 is 0 Å². The number of aryl methyl sites for hydroxylation is 2. The minimum Gasteiger partial charge on any atom is -0.296 e. The van der Waals surface area contributed by atoms with Crippen LogP contribution in [0.1, 0.15) is 22.5 Å². The van der Waals surface area contributed by atoms with Gasteiger partial charge in [-0.15, -0.1) is 0 Å². The molecule has 7 nitrogen and oxygen atoms in total. The van der Waals surface area contributed by atoms with Crippen molar-refractivity contribution in [2.45, 2.75) is 26.9 Å². The molecule has 0 amide bonds. The molecule has 0 atom stereocenters. The molecule has 0 aliphatic rings. The van der Waals surface area contributed by atoms with E-state index in [2.05, 4.69) is 39.1 Å². The molecule has 0 saturated heterocycles. The van der Waals surface area contributed by atoms with Crippen LogP contribution in [0.5, 0.6) is 0 Å². The van der Waals surface area contributed by atoms with E-state index >= 15 is 0 Å². The second-order valence-electron chi connectivity index (χ2n) is 6.97. The van der Waals surface area contributed by atoms with E-state index in [1.807, 2.05) is 49.2 Å². The van der Waals surface area contributed by atoms with E-state index in [1.54, 1.807) is 6.07 Å². The molecule has 0 fully saturated rings. The Labute approximate surface area is 156 Å². The number of nitrogens with zero attached hydrogens (tertiary/aromatic N) is 5. The molecule has 1 aromatic carbocycles. The van der Waals surface area contributed by atoms with E-state index in [4.69, 9.17) is 0 Å². The number of aromatic amines is 1. The van der Waals surface area contributed by atoms with Crippen LogP contribution < -0.4 is 5.56 Å². The van der Waals surface area contributed by atoms with Crippen molar-refractivity contribution in [3.05, 3.63) is 81.7 Å². The number of hydrogen-bond acceptors (Lipinski definition) is 4. The van der Waals surface area contributed by atoms with Gasteiger partial charge in [-0.3, -0.25) is 14.8 Å². The lowest BCUT2D eigenvalue weighted by Gasteiger charge is -2.14. The Hall–Kier alpha value is -3.19. The van der Waals surface area contributed by atoms with Crippen LogP contribution in [0.4, 0.5) is 0 Å². The predicted octanol–water partition coefficient (Wildman–Crippen LogP) is 2.46. The monoisotopic (exact) mass is 362 g/mol. The highest BCUT2D eigenvalue weighted by Crippen LogP contribution is 2.14. The van der Waals surface area contributed by atoms with Crippen molar-refractivity contribution in [2.75, 3.05) is 7.05 Å². The molecule has 4 aromatic rings. The first kappa shape index (κ1) is 17.2. The molecule has 0 aliphatic carbocycles. The normalized spacial score (nSPS) is 11.6. The lowest BCUT2D eigenvalue weighted by Crippen LogP contribution is -2.21. The molecular weight excluding hydrogens is 340 g/mol. The van der Waals surface area contributed by atoms with Crippen LogP contribution in [0, 0.1) is 13.8 Å². The third kappa shape index (κ3) is 3.54. The van der Waals surface area contributed by atoms with Gasteiger partial charge >= 0.3 is 0 Å². The molecule has 4 rings (SSSR count). The van der Waals surface area contributed by atoms with E-state index < -0.39 is 0 Å². The first-order chi connectivity index (χ1) is 13.0. The Morgan fingerprint density at radius 3 is 2.78 bits per heavy atom. The summed E-state index contributed by atoms with van der Waals surface area (Å²) in [7, 11) is 2.01. The number of H-pyrrole nitrogens is 1. The van der Waals surface area contributed by atoms with Crippen LogP contribution in [-0.4, -0.2) is 36.3 Å². The molecule has 138 valence electrons. The average molecular weight is 362 g/mol. The van der Waals surface area contributed by atoms with Crippen molar-refractivity contribution in [1.82, 2.24) is 29.3 Å². The molecular formula is C20H22N6O. The molecule has 0 spiro atoms. The maximum absolute atomic E-state index is 12.2. The lowest BCUT2D eigenvalue weighted by molar-refractivity contribution is 0.315. The second-order valence-corrected chi connectivity index (χ2v) is 6.97. The Morgan fingerprint density at radius 1 is 1.15 bits per heavy atom. The van der Waals surface area contributed by atoms with E-state index in [9.17, 15) is 4.79 Å². The molecule has 3 heterocycles. The summed E-state index contributed by atoms with van der Waals surface area (Å²) in [5.41, 5.74) is 5.59. The number of fused-ring (bicyclic) bond motifs is 1. The lowest BCUT2D eigenvalue weighted by atomic mass is 10.2. The summed E-state index contributed by atoms with van der Waals surface area (Å²) in [5, 5.41) is 7.47. The molecule has 7 heteroatoms. The summed E-state index contributed by atoms with van der Waals surface area (Å²) in [6.45, 7) is 5.29. The van der Waals surface area contributed by atoms with Gasteiger partial charge in [-0.05, 0) is 32.5 Å². The number of nitrogens with one attached hydrogen (secondary N) is 1. The molecule has 1 N–H and O–H groups in total. The van der Waals surface area contributed by atoms with E-state index in [1.165, 1.54) is 10.1 Å². The molecule has 0 saturated carbocycles. The summed E-state index contributed by atoms with van der Waals surface area (Å²) in [6, 6.07) is 11.6. The minimum atomic E-state index is -0.0936. The van der Waals surface area contributed by atoms with Crippen molar-refractivity contribution >= 4 is 5.65 Å². The molecule has 0 bridgehead atoms. The van der Waals surface area contributed by atoms with Gasteiger partial charge in [0.15, 0.2) is 5.65 Å². The number of hydrogen-bond donors (Lipinski definition) is 1. The molecule has 27 heavy (non-hydrogen) atoms. The maximum atomic E-state index is 12.2. The van der Waals surface area contributed by atoms with Crippen LogP contribution in [0.15, 0.2) is 53.6 Å². The maximum Gasteiger partial charge on any atom is 0.272 e. The highest BCUT2D eigenvalue weighted by molar-refractivity contribution is 5.40. The van der Waals surface area contributed by atoms with Crippen molar-refractivity contribution in [1.29, 1.82) is 0 Å². The van der Waals surface area contributed by atoms with Gasteiger partial charge in [0.2, 0.25) is 0 Å². The zero-order valence-electron chi connectivity index (χ0n) is 15.7. The van der Waals surface area contributed by atoms with Crippen LogP contribution in [0.3, 0.4) is 0 Å². The van der Waals surface area contributed by atoms with Gasteiger partial charge in [-0.1, -0.05) is 18.2 Å². The molecule has 0 aliphatic heterocycles. The van der Waals surface area contributed by atoms with Crippen molar-refractivity contribution in [3.63, 3.8) is 0 Å². The predicted molar refractivity (Wildman–Crippen MR) is 104 cm³/mol. The summed E-state index contributed by atoms with van der Waals surface area (Å²) >= 11 is 0. The number of aromatic nitrogens is 5. The standard InChI is InChI=1S/C20H22N6O/c1-14-6-4-5-7-18(14)25-12-16(10-21-25)11-24(3)13-17-9-20(27)26-19(22-17)8-15(2)23-26/h4-10,12,23H,11,13H2,1-3H3. The van der Waals surface area contributed by atoms with E-state index in [0.717, 1.165) is 29.2 Å². The van der Waals surface area contributed by atoms with Gasteiger partial charge in [0.05, 0.1) is 17.6 Å². The third-order valence-corrected chi connectivity index (χ3v) is 4.51. The highest BCUT2D eigenvalue weighted by Gasteiger charge is 2.10. The fraction of sp³-hybridized carbons (Fsp3) is 0.250. The summed E-state index contributed by atoms with van der Waals surface area (Å²) < 4.78 is 3.36. The summed E-state index contributed by atoms with van der Waals surface area (Å²) in [6.07, 6.45) is 3.92. The van der Waals surface area contributed by atoms with Crippen molar-refractivity contribution in [2.24, 2.45) is 0 Å². The minimum absolute atomic E-state index is 0.0936. The molecule has 3 aromatic heterocycles. The highest BCUT2D eigenvalue weighted by atomic mass is 16.1. The quantitative estimate of drug-likeness (QED) is 0.592. The SMILES string of the molecule is Cc1cc2nc(CN(C)Cc3cnn(-c4ccccc4C)c3)cc(=O)n2[nH]1. The van der Waals surface area contributed by atoms with Crippen LogP contribution in [-0.2, 0) is 13.1 Å². The van der Waals surface area contributed by atoms with Crippen molar-refractivity contribution < 1.29 is 0 Å². The fourth-order valence-corrected chi connectivity index (χ4v) is 3.28.